The number of benzene rings is 1. The second-order valence-electron chi connectivity index (χ2n) is 5.86. The molecule has 8 nitrogen and oxygen atoms in total. The van der Waals surface area contributed by atoms with E-state index in [4.69, 9.17) is 5.84 Å². The molecule has 0 saturated heterocycles. The Bertz CT molecular complexity index is 1000. The quantitative estimate of drug-likeness (QED) is 0.509. The molecule has 0 aliphatic heterocycles. The normalized spacial score (nSPS) is 12.2. The summed E-state index contributed by atoms with van der Waals surface area (Å²) in [5.41, 5.74) is 1.53. The Balaban J connectivity index is 1.73. The lowest BCUT2D eigenvalue weighted by atomic mass is 10.3. The van der Waals surface area contributed by atoms with Gasteiger partial charge in [-0.3, -0.25) is 4.79 Å². The Morgan fingerprint density at radius 3 is 2.63 bits per heavy atom. The van der Waals surface area contributed by atoms with Crippen molar-refractivity contribution in [3.63, 3.8) is 0 Å². The predicted molar refractivity (Wildman–Crippen MR) is 97.1 cm³/mol. The number of nitrogens with two attached hydrogens (primary N) is 1. The van der Waals surface area contributed by atoms with Gasteiger partial charge in [0.2, 0.25) is 11.1 Å². The van der Waals surface area contributed by atoms with Crippen LogP contribution in [-0.4, -0.2) is 35.8 Å². The third-order valence-corrected chi connectivity index (χ3v) is 4.74. The van der Waals surface area contributed by atoms with Crippen LogP contribution >= 0.6 is 11.8 Å². The molecule has 0 spiro atoms. The summed E-state index contributed by atoms with van der Waals surface area (Å²) in [5, 5.41) is 14.3. The largest absolute Gasteiger partial charge is 0.334 e. The number of amides is 1. The van der Waals surface area contributed by atoms with Crippen LogP contribution in [0.1, 0.15) is 18.3 Å². The number of hydrogen-bond donors (Lipinski definition) is 2. The van der Waals surface area contributed by atoms with Gasteiger partial charge in [0, 0.05) is 11.8 Å². The van der Waals surface area contributed by atoms with Crippen molar-refractivity contribution < 1.29 is 13.6 Å². The maximum absolute atomic E-state index is 13.7. The van der Waals surface area contributed by atoms with Crippen LogP contribution in [-0.2, 0) is 4.79 Å². The van der Waals surface area contributed by atoms with Gasteiger partial charge in [0.15, 0.2) is 0 Å². The number of hydrogen-bond acceptors (Lipinski definition) is 6. The van der Waals surface area contributed by atoms with Crippen LogP contribution in [0, 0.1) is 25.5 Å². The Morgan fingerprint density at radius 1 is 1.26 bits per heavy atom. The monoisotopic (exact) mass is 393 g/mol. The van der Waals surface area contributed by atoms with Crippen molar-refractivity contribution >= 4 is 23.4 Å². The fraction of sp³-hybridized carbons (Fsp3) is 0.250. The lowest BCUT2D eigenvalue weighted by molar-refractivity contribution is -0.115. The van der Waals surface area contributed by atoms with Gasteiger partial charge >= 0.3 is 0 Å². The highest BCUT2D eigenvalue weighted by Gasteiger charge is 2.21. The smallest absolute Gasteiger partial charge is 0.271 e. The van der Waals surface area contributed by atoms with E-state index in [9.17, 15) is 13.6 Å². The summed E-state index contributed by atoms with van der Waals surface area (Å²) in [6.45, 7) is 5.31. The van der Waals surface area contributed by atoms with E-state index in [0.717, 1.165) is 35.3 Å². The van der Waals surface area contributed by atoms with Gasteiger partial charge < -0.3 is 11.2 Å². The van der Waals surface area contributed by atoms with Gasteiger partial charge in [-0.2, -0.15) is 5.10 Å². The first-order valence-corrected chi connectivity index (χ1v) is 8.81. The van der Waals surface area contributed by atoms with Crippen molar-refractivity contribution in [3.05, 3.63) is 47.3 Å². The molecule has 1 aromatic carbocycles. The summed E-state index contributed by atoms with van der Waals surface area (Å²) in [6, 6.07) is 4.79. The number of aryl methyl sites for hydroxylation is 2. The minimum atomic E-state index is -0.852. The van der Waals surface area contributed by atoms with Crippen molar-refractivity contribution in [3.8, 4) is 5.95 Å². The maximum atomic E-state index is 13.7. The summed E-state index contributed by atoms with van der Waals surface area (Å²) in [5.74, 6) is 4.28. The molecule has 3 N–H and O–H groups in total. The summed E-state index contributed by atoms with van der Waals surface area (Å²) in [7, 11) is 0. The molecule has 11 heteroatoms. The number of aromatic nitrogens is 5. The van der Waals surface area contributed by atoms with Crippen LogP contribution in [0.3, 0.4) is 0 Å². The Labute approximate surface area is 157 Å². The predicted octanol–water partition coefficient (Wildman–Crippen LogP) is 2.19. The number of halogens is 2. The van der Waals surface area contributed by atoms with E-state index in [2.05, 4.69) is 20.6 Å². The molecule has 0 unspecified atom stereocenters. The third-order valence-electron chi connectivity index (χ3n) is 3.69. The molecular weight excluding hydrogens is 376 g/mol. The van der Waals surface area contributed by atoms with E-state index in [1.54, 1.807) is 11.6 Å². The van der Waals surface area contributed by atoms with Crippen molar-refractivity contribution in [2.45, 2.75) is 31.2 Å². The Morgan fingerprint density at radius 2 is 2.00 bits per heavy atom. The zero-order valence-electron chi connectivity index (χ0n) is 14.8. The maximum Gasteiger partial charge on any atom is 0.271 e. The first-order chi connectivity index (χ1) is 12.8. The topological polar surface area (TPSA) is 104 Å². The second-order valence-corrected chi connectivity index (χ2v) is 7.17. The van der Waals surface area contributed by atoms with Gasteiger partial charge in [0.25, 0.3) is 5.95 Å². The number of thioether (sulfide) groups is 1. The fourth-order valence-electron chi connectivity index (χ4n) is 2.36. The summed E-state index contributed by atoms with van der Waals surface area (Å²) in [6.07, 6.45) is 0. The highest BCUT2D eigenvalue weighted by atomic mass is 32.2. The van der Waals surface area contributed by atoms with Crippen LogP contribution in [0.5, 0.6) is 0 Å². The lowest BCUT2D eigenvalue weighted by Crippen LogP contribution is -2.24. The van der Waals surface area contributed by atoms with E-state index >= 15 is 0 Å². The molecule has 3 aromatic rings. The second kappa shape index (κ2) is 7.35. The fourth-order valence-corrected chi connectivity index (χ4v) is 3.13. The number of nitrogens with zero attached hydrogens (tertiary/aromatic N) is 5. The number of rotatable bonds is 5. The zero-order chi connectivity index (χ0) is 19.7. The summed E-state index contributed by atoms with van der Waals surface area (Å²) < 4.78 is 29.4. The molecule has 2 heterocycles. The molecular formula is C16H17F2N7OS. The van der Waals surface area contributed by atoms with E-state index in [1.807, 2.05) is 19.9 Å². The van der Waals surface area contributed by atoms with Crippen LogP contribution in [0.15, 0.2) is 29.4 Å². The molecule has 2 aromatic heterocycles. The van der Waals surface area contributed by atoms with E-state index in [0.29, 0.717) is 17.2 Å². The summed E-state index contributed by atoms with van der Waals surface area (Å²) >= 11 is 1.05. The molecule has 1 amide bonds. The average Bonchev–Trinajstić information content (AvgIpc) is 3.12. The molecule has 0 aliphatic carbocycles. The first-order valence-electron chi connectivity index (χ1n) is 7.93. The van der Waals surface area contributed by atoms with Gasteiger partial charge in [-0.15, -0.1) is 10.2 Å². The molecule has 142 valence electrons. The van der Waals surface area contributed by atoms with Crippen molar-refractivity contribution in [2.24, 2.45) is 0 Å². The summed E-state index contributed by atoms with van der Waals surface area (Å²) in [4.78, 5) is 12.3. The van der Waals surface area contributed by atoms with Crippen LogP contribution in [0.25, 0.3) is 5.95 Å². The van der Waals surface area contributed by atoms with Crippen molar-refractivity contribution in [1.29, 1.82) is 0 Å². The van der Waals surface area contributed by atoms with Gasteiger partial charge in [0.05, 0.1) is 16.6 Å². The molecule has 0 radical (unpaired) electrons. The molecule has 3 rings (SSSR count). The highest BCUT2D eigenvalue weighted by Crippen LogP contribution is 2.24. The molecule has 1 atom stereocenters. The number of nitrogens with one attached hydrogen (secondary N) is 1. The number of carbonyl (C=O) groups is 1. The Kier molecular flexibility index (Phi) is 5.13. The molecule has 0 fully saturated rings. The van der Waals surface area contributed by atoms with Crippen LogP contribution < -0.4 is 11.2 Å². The number of nitrogen functional groups attached to an aromatic ring is 1. The lowest BCUT2D eigenvalue weighted by Gasteiger charge is -2.12. The third kappa shape index (κ3) is 3.92. The average molecular weight is 393 g/mol. The molecule has 0 bridgehead atoms. The minimum Gasteiger partial charge on any atom is -0.334 e. The van der Waals surface area contributed by atoms with Gasteiger partial charge in [-0.05, 0) is 39.0 Å². The number of carbonyl (C=O) groups excluding carboxylic acids is 1. The van der Waals surface area contributed by atoms with E-state index < -0.39 is 22.8 Å². The van der Waals surface area contributed by atoms with Crippen molar-refractivity contribution in [2.75, 3.05) is 11.2 Å². The van der Waals surface area contributed by atoms with Gasteiger partial charge in [0.1, 0.15) is 11.6 Å². The Hall–Kier alpha value is -2.95. The number of anilines is 1. The standard InChI is InChI=1S/C16H17F2N7OS/c1-8-6-9(2)25(23-8)15-21-22-16(24(15)19)27-10(3)14(26)20-13-5-4-11(17)7-12(13)18/h4-7,10H,19H2,1-3H3,(H,20,26)/t10-/m0/s1. The minimum absolute atomic E-state index is 0.105. The van der Waals surface area contributed by atoms with E-state index in [1.165, 1.54) is 4.68 Å². The SMILES string of the molecule is Cc1cc(C)n(-c2nnc(S[C@@H](C)C(=O)Nc3ccc(F)cc3F)n2N)n1. The van der Waals surface area contributed by atoms with Gasteiger partial charge in [-0.1, -0.05) is 11.8 Å². The van der Waals surface area contributed by atoms with Crippen molar-refractivity contribution in [1.82, 2.24) is 24.7 Å². The molecule has 0 aliphatic rings. The van der Waals surface area contributed by atoms with E-state index in [-0.39, 0.29) is 5.69 Å². The molecule has 27 heavy (non-hydrogen) atoms. The van der Waals surface area contributed by atoms with Gasteiger partial charge in [-0.25, -0.2) is 18.1 Å². The highest BCUT2D eigenvalue weighted by molar-refractivity contribution is 8.00. The zero-order valence-corrected chi connectivity index (χ0v) is 15.6. The van der Waals surface area contributed by atoms with Crippen LogP contribution in [0.2, 0.25) is 0 Å². The molecule has 0 saturated carbocycles. The van der Waals surface area contributed by atoms with Crippen LogP contribution in [0.4, 0.5) is 14.5 Å². The first kappa shape index (κ1) is 18.8.